The first-order chi connectivity index (χ1) is 9.80. The van der Waals surface area contributed by atoms with Crippen molar-refractivity contribution in [1.82, 2.24) is 0 Å². The molecule has 1 aliphatic carbocycles. The van der Waals surface area contributed by atoms with Crippen molar-refractivity contribution in [1.29, 1.82) is 0 Å². The van der Waals surface area contributed by atoms with Crippen LogP contribution in [0.2, 0.25) is 0 Å². The summed E-state index contributed by atoms with van der Waals surface area (Å²) < 4.78 is 10.7. The van der Waals surface area contributed by atoms with Gasteiger partial charge < -0.3 is 14.9 Å². The highest BCUT2D eigenvalue weighted by atomic mass is 32.2. The van der Waals surface area contributed by atoms with Gasteiger partial charge in [0.05, 0.1) is 10.5 Å². The largest absolute Gasteiger partial charge is 0.376 e. The van der Waals surface area contributed by atoms with Gasteiger partial charge in [-0.2, -0.15) is 11.8 Å². The summed E-state index contributed by atoms with van der Waals surface area (Å²) in [5.74, 6) is -2.17. The fraction of sp³-hybridized carbons (Fsp3) is 0.500. The topological polar surface area (TPSA) is 121 Å². The van der Waals surface area contributed by atoms with Crippen molar-refractivity contribution in [2.75, 3.05) is 0 Å². The summed E-state index contributed by atoms with van der Waals surface area (Å²) in [7, 11) is -4.79. The summed E-state index contributed by atoms with van der Waals surface area (Å²) in [6.07, 6.45) is 4.56. The molecular formula is C12H16NO6PS. The molecule has 3 N–H and O–H groups in total. The highest BCUT2D eigenvalue weighted by Gasteiger charge is 2.41. The molecule has 2 fully saturated rings. The molecule has 9 heteroatoms. The van der Waals surface area contributed by atoms with E-state index in [4.69, 9.17) is 9.79 Å². The first-order valence-electron chi connectivity index (χ1n) is 6.42. The number of aliphatic hydroxyl groups excluding tert-OH is 1. The number of aliphatic hydroxyl groups is 1. The van der Waals surface area contributed by atoms with Gasteiger partial charge in [-0.05, 0) is 18.9 Å². The maximum absolute atomic E-state index is 10.7. The molecule has 0 bridgehead atoms. The maximum Gasteiger partial charge on any atom is 0.358 e. The lowest BCUT2D eigenvalue weighted by molar-refractivity contribution is -0.386. The molecule has 1 saturated carbocycles. The standard InChI is InChI=1S/C7H8NO6P.C5H8S/c9-7(15(12,13)14)5-3-1-2-4-6(5)8(10)11;1-2-4-5(3-1)6-4/h1-4,7,9H,(H2,12,13,14);4-5H,1-3H2. The van der Waals surface area contributed by atoms with Gasteiger partial charge in [-0.1, -0.05) is 18.6 Å². The highest BCUT2D eigenvalue weighted by Crippen LogP contribution is 2.52. The van der Waals surface area contributed by atoms with Crippen molar-refractivity contribution in [2.24, 2.45) is 0 Å². The van der Waals surface area contributed by atoms with Crippen LogP contribution < -0.4 is 0 Å². The Morgan fingerprint density at radius 2 is 1.86 bits per heavy atom. The van der Waals surface area contributed by atoms with Crippen molar-refractivity contribution in [3.05, 3.63) is 39.9 Å². The van der Waals surface area contributed by atoms with Crippen LogP contribution in [-0.4, -0.2) is 30.3 Å². The van der Waals surface area contributed by atoms with E-state index in [-0.39, 0.29) is 0 Å². The first kappa shape index (κ1) is 16.5. The quantitative estimate of drug-likeness (QED) is 0.336. The number of hydrogen-bond donors (Lipinski definition) is 3. The van der Waals surface area contributed by atoms with E-state index in [1.165, 1.54) is 31.4 Å². The van der Waals surface area contributed by atoms with Crippen LogP contribution in [-0.2, 0) is 4.57 Å². The fourth-order valence-electron chi connectivity index (χ4n) is 2.26. The molecule has 0 aromatic heterocycles. The first-order valence-corrected chi connectivity index (χ1v) is 9.05. The molecule has 1 aromatic rings. The van der Waals surface area contributed by atoms with Crippen LogP contribution in [0.4, 0.5) is 5.69 Å². The van der Waals surface area contributed by atoms with Crippen LogP contribution in [0.1, 0.15) is 30.7 Å². The second-order valence-corrected chi connectivity index (χ2v) is 8.07. The average Bonchev–Trinajstić information content (AvgIpc) is 3.04. The number of rotatable bonds is 3. The number of nitrogens with zero attached hydrogens (tertiary/aromatic N) is 1. The Kier molecular flexibility index (Phi) is 5.06. The highest BCUT2D eigenvalue weighted by molar-refractivity contribution is 8.07. The van der Waals surface area contributed by atoms with E-state index < -0.39 is 29.6 Å². The molecule has 1 saturated heterocycles. The summed E-state index contributed by atoms with van der Waals surface area (Å²) in [5.41, 5.74) is -0.913. The van der Waals surface area contributed by atoms with Crippen LogP contribution >= 0.6 is 19.4 Å². The van der Waals surface area contributed by atoms with Gasteiger partial charge in [-0.15, -0.1) is 0 Å². The summed E-state index contributed by atoms with van der Waals surface area (Å²) in [4.78, 5) is 27.1. The van der Waals surface area contributed by atoms with E-state index in [1.54, 1.807) is 0 Å². The Bertz CT molecular complexity index is 569. The molecular weight excluding hydrogens is 317 g/mol. The van der Waals surface area contributed by atoms with Gasteiger partial charge in [-0.25, -0.2) is 0 Å². The Labute approximate surface area is 125 Å². The second-order valence-electron chi connectivity index (χ2n) is 4.92. The molecule has 3 unspecified atom stereocenters. The lowest BCUT2D eigenvalue weighted by Crippen LogP contribution is -2.02. The van der Waals surface area contributed by atoms with E-state index in [2.05, 4.69) is 11.8 Å². The van der Waals surface area contributed by atoms with Gasteiger partial charge in [0.15, 0.2) is 5.85 Å². The van der Waals surface area contributed by atoms with Crippen molar-refractivity contribution >= 4 is 25.0 Å². The van der Waals surface area contributed by atoms with Crippen LogP contribution in [0.5, 0.6) is 0 Å². The van der Waals surface area contributed by atoms with Crippen LogP contribution in [0.3, 0.4) is 0 Å². The van der Waals surface area contributed by atoms with E-state index in [9.17, 15) is 19.8 Å². The SMILES string of the molecule is C1CC2SC2C1.O=[N+]([O-])c1ccccc1C(O)P(=O)(O)O. The Balaban J connectivity index is 0.000000218. The lowest BCUT2D eigenvalue weighted by atomic mass is 10.2. The zero-order valence-electron chi connectivity index (χ0n) is 11.0. The van der Waals surface area contributed by atoms with Crippen LogP contribution in [0.15, 0.2) is 24.3 Å². The molecule has 7 nitrogen and oxygen atoms in total. The summed E-state index contributed by atoms with van der Waals surface area (Å²) in [6, 6.07) is 4.85. The van der Waals surface area contributed by atoms with E-state index in [0.29, 0.717) is 0 Å². The fourth-order valence-corrected chi connectivity index (χ4v) is 4.08. The van der Waals surface area contributed by atoms with Crippen molar-refractivity contribution < 1.29 is 24.4 Å². The van der Waals surface area contributed by atoms with Gasteiger partial charge in [-0.3, -0.25) is 14.7 Å². The minimum Gasteiger partial charge on any atom is -0.376 e. The van der Waals surface area contributed by atoms with Gasteiger partial charge in [0, 0.05) is 16.6 Å². The minimum atomic E-state index is -4.79. The van der Waals surface area contributed by atoms with Gasteiger partial charge in [0.1, 0.15) is 0 Å². The van der Waals surface area contributed by atoms with E-state index >= 15 is 0 Å². The number of benzene rings is 1. The minimum absolute atomic E-state index is 0.393. The molecule has 0 spiro atoms. The average molecular weight is 333 g/mol. The Hall–Kier alpha value is -0.920. The Morgan fingerprint density at radius 1 is 1.29 bits per heavy atom. The molecule has 0 radical (unpaired) electrons. The third-order valence-electron chi connectivity index (χ3n) is 3.40. The van der Waals surface area contributed by atoms with Crippen molar-refractivity contribution in [3.8, 4) is 0 Å². The Morgan fingerprint density at radius 3 is 2.24 bits per heavy atom. The van der Waals surface area contributed by atoms with Gasteiger partial charge in [0.2, 0.25) is 0 Å². The summed E-state index contributed by atoms with van der Waals surface area (Å²) in [5, 5.41) is 22.0. The molecule has 3 rings (SSSR count). The third-order valence-corrected chi connectivity index (χ3v) is 5.82. The number of nitro benzene ring substituents is 1. The number of fused-ring (bicyclic) bond motifs is 1. The molecule has 1 heterocycles. The van der Waals surface area contributed by atoms with Crippen LogP contribution in [0, 0.1) is 10.1 Å². The molecule has 1 aliphatic heterocycles. The zero-order valence-corrected chi connectivity index (χ0v) is 12.7. The van der Waals surface area contributed by atoms with Gasteiger partial charge in [0.25, 0.3) is 5.69 Å². The number of para-hydroxylation sites is 1. The molecule has 1 aromatic carbocycles. The molecule has 21 heavy (non-hydrogen) atoms. The lowest BCUT2D eigenvalue weighted by Gasteiger charge is -2.12. The van der Waals surface area contributed by atoms with Crippen molar-refractivity contribution in [2.45, 2.75) is 35.6 Å². The number of nitro groups is 1. The van der Waals surface area contributed by atoms with Crippen LogP contribution in [0.25, 0.3) is 0 Å². The smallest absolute Gasteiger partial charge is 0.358 e. The molecule has 116 valence electrons. The second kappa shape index (κ2) is 6.46. The van der Waals surface area contributed by atoms with E-state index in [1.807, 2.05) is 0 Å². The number of hydrogen-bond acceptors (Lipinski definition) is 5. The third kappa shape index (κ3) is 4.28. The monoisotopic (exact) mass is 333 g/mol. The predicted molar refractivity (Wildman–Crippen MR) is 79.1 cm³/mol. The molecule has 0 amide bonds. The predicted octanol–water partition coefficient (Wildman–Crippen LogP) is 2.42. The summed E-state index contributed by atoms with van der Waals surface area (Å²) >= 11 is 2.18. The van der Waals surface area contributed by atoms with Crippen molar-refractivity contribution in [3.63, 3.8) is 0 Å². The van der Waals surface area contributed by atoms with E-state index in [0.717, 1.165) is 22.6 Å². The maximum atomic E-state index is 10.7. The van der Waals surface area contributed by atoms with Gasteiger partial charge >= 0.3 is 7.60 Å². The molecule has 3 atom stereocenters. The normalized spacial score (nSPS) is 24.5. The zero-order chi connectivity index (χ0) is 15.6. The summed E-state index contributed by atoms with van der Waals surface area (Å²) in [6.45, 7) is 0. The molecule has 2 aliphatic rings. The number of thioether (sulfide) groups is 1.